The predicted octanol–water partition coefficient (Wildman–Crippen LogP) is 2.79. The topological polar surface area (TPSA) is 29.3 Å². The summed E-state index contributed by atoms with van der Waals surface area (Å²) in [5.41, 5.74) is 6.41. The van der Waals surface area contributed by atoms with Crippen molar-refractivity contribution >= 4 is 11.3 Å². The van der Waals surface area contributed by atoms with E-state index in [9.17, 15) is 0 Å². The van der Waals surface area contributed by atoms with Crippen LogP contribution in [0.4, 0.5) is 0 Å². The molecule has 16 heavy (non-hydrogen) atoms. The molecule has 1 aliphatic heterocycles. The Labute approximate surface area is 102 Å². The third kappa shape index (κ3) is 2.47. The molecule has 90 valence electrons. The van der Waals surface area contributed by atoms with E-state index in [2.05, 4.69) is 37.8 Å². The molecule has 1 aliphatic rings. The van der Waals surface area contributed by atoms with E-state index in [1.165, 1.54) is 29.3 Å². The highest BCUT2D eigenvalue weighted by molar-refractivity contribution is 7.12. The minimum atomic E-state index is 0.431. The molecule has 1 aromatic heterocycles. The molecule has 2 N–H and O–H groups in total. The molecular weight excluding hydrogens is 216 g/mol. The fraction of sp³-hybridized carbons (Fsp3) is 0.692. The number of likely N-dealkylation sites (tertiary alicyclic amines) is 1. The van der Waals surface area contributed by atoms with Crippen molar-refractivity contribution in [2.24, 2.45) is 11.1 Å². The number of nitrogens with two attached hydrogens (primary N) is 1. The van der Waals surface area contributed by atoms with E-state index in [4.69, 9.17) is 5.73 Å². The molecule has 0 aromatic carbocycles. The first-order chi connectivity index (χ1) is 7.52. The van der Waals surface area contributed by atoms with Crippen LogP contribution in [0.25, 0.3) is 0 Å². The highest BCUT2D eigenvalue weighted by Gasteiger charge is 2.33. The lowest BCUT2D eigenvalue weighted by molar-refractivity contribution is 0.226. The van der Waals surface area contributed by atoms with E-state index in [1.807, 2.05) is 11.3 Å². The van der Waals surface area contributed by atoms with Crippen molar-refractivity contribution in [1.82, 2.24) is 4.90 Å². The Hall–Kier alpha value is -0.380. The second-order valence-electron chi connectivity index (χ2n) is 5.58. The van der Waals surface area contributed by atoms with Gasteiger partial charge in [0.15, 0.2) is 0 Å². The molecule has 0 radical (unpaired) electrons. The zero-order valence-corrected chi connectivity index (χ0v) is 11.3. The van der Waals surface area contributed by atoms with Crippen molar-refractivity contribution in [3.63, 3.8) is 0 Å². The zero-order valence-electron chi connectivity index (χ0n) is 10.5. The monoisotopic (exact) mass is 238 g/mol. The van der Waals surface area contributed by atoms with Gasteiger partial charge >= 0.3 is 0 Å². The van der Waals surface area contributed by atoms with E-state index in [0.29, 0.717) is 11.5 Å². The van der Waals surface area contributed by atoms with Crippen molar-refractivity contribution < 1.29 is 0 Å². The van der Waals surface area contributed by atoms with Crippen LogP contribution in [-0.4, -0.2) is 24.5 Å². The van der Waals surface area contributed by atoms with E-state index < -0.39 is 0 Å². The fourth-order valence-electron chi connectivity index (χ4n) is 2.50. The third-order valence-corrected chi connectivity index (χ3v) is 4.56. The first kappa shape index (κ1) is 12.1. The van der Waals surface area contributed by atoms with Gasteiger partial charge in [-0.15, -0.1) is 11.3 Å². The summed E-state index contributed by atoms with van der Waals surface area (Å²) in [5.74, 6) is 0. The minimum Gasteiger partial charge on any atom is -0.329 e. The van der Waals surface area contributed by atoms with Crippen molar-refractivity contribution in [2.45, 2.75) is 33.2 Å². The van der Waals surface area contributed by atoms with E-state index in [-0.39, 0.29) is 0 Å². The van der Waals surface area contributed by atoms with Crippen molar-refractivity contribution in [1.29, 1.82) is 0 Å². The van der Waals surface area contributed by atoms with Crippen LogP contribution >= 0.6 is 11.3 Å². The van der Waals surface area contributed by atoms with Gasteiger partial charge in [-0.1, -0.05) is 13.8 Å². The number of aryl methyl sites for hydroxylation is 1. The van der Waals surface area contributed by atoms with Crippen LogP contribution in [0.2, 0.25) is 0 Å². The maximum absolute atomic E-state index is 5.95. The maximum Gasteiger partial charge on any atom is 0.0564 e. The normalized spacial score (nSPS) is 22.5. The van der Waals surface area contributed by atoms with E-state index in [0.717, 1.165) is 6.54 Å². The van der Waals surface area contributed by atoms with Gasteiger partial charge in [-0.3, -0.25) is 4.90 Å². The Bertz CT molecular complexity index is 357. The average Bonchev–Trinajstić information content (AvgIpc) is 2.75. The van der Waals surface area contributed by atoms with Crippen LogP contribution in [0, 0.1) is 12.3 Å². The molecule has 1 fully saturated rings. The Morgan fingerprint density at radius 3 is 2.69 bits per heavy atom. The molecule has 1 atom stereocenters. The Morgan fingerprint density at radius 1 is 1.50 bits per heavy atom. The number of hydrogen-bond donors (Lipinski definition) is 1. The van der Waals surface area contributed by atoms with E-state index >= 15 is 0 Å². The van der Waals surface area contributed by atoms with Crippen LogP contribution < -0.4 is 5.73 Å². The number of thiophene rings is 1. The van der Waals surface area contributed by atoms with Crippen molar-refractivity contribution in [2.75, 3.05) is 19.6 Å². The largest absolute Gasteiger partial charge is 0.329 e. The summed E-state index contributed by atoms with van der Waals surface area (Å²) in [6.07, 6.45) is 1.29. The quantitative estimate of drug-likeness (QED) is 0.877. The lowest BCUT2D eigenvalue weighted by Gasteiger charge is -2.27. The van der Waals surface area contributed by atoms with E-state index in [1.54, 1.807) is 0 Å². The van der Waals surface area contributed by atoms with Gasteiger partial charge in [0.25, 0.3) is 0 Å². The highest BCUT2D eigenvalue weighted by Crippen LogP contribution is 2.36. The molecule has 3 heteroatoms. The van der Waals surface area contributed by atoms with Gasteiger partial charge < -0.3 is 5.73 Å². The van der Waals surface area contributed by atoms with Crippen LogP contribution in [0.15, 0.2) is 12.1 Å². The molecule has 0 spiro atoms. The van der Waals surface area contributed by atoms with Crippen LogP contribution in [0.5, 0.6) is 0 Å². The Morgan fingerprint density at radius 2 is 2.25 bits per heavy atom. The third-order valence-electron chi connectivity index (χ3n) is 3.46. The predicted molar refractivity (Wildman–Crippen MR) is 70.8 cm³/mol. The van der Waals surface area contributed by atoms with Gasteiger partial charge in [-0.05, 0) is 37.4 Å². The molecule has 2 nitrogen and oxygen atoms in total. The maximum atomic E-state index is 5.95. The Balaban J connectivity index is 2.12. The molecule has 1 unspecified atom stereocenters. The number of rotatable bonds is 3. The highest BCUT2D eigenvalue weighted by atomic mass is 32.1. The molecule has 2 heterocycles. The molecule has 2 rings (SSSR count). The molecule has 1 saturated heterocycles. The SMILES string of the molecule is Cc1ccc(C(CN)N2CCC(C)(C)C2)s1. The second kappa shape index (κ2) is 4.47. The molecular formula is C13H22N2S. The van der Waals surface area contributed by atoms with Gasteiger partial charge in [0, 0.05) is 22.8 Å². The van der Waals surface area contributed by atoms with Gasteiger partial charge in [0.05, 0.1) is 6.04 Å². The van der Waals surface area contributed by atoms with Gasteiger partial charge in [-0.2, -0.15) is 0 Å². The van der Waals surface area contributed by atoms with Crippen LogP contribution in [0.3, 0.4) is 0 Å². The average molecular weight is 238 g/mol. The Kier molecular flexibility index (Phi) is 3.38. The first-order valence-corrected chi connectivity index (χ1v) is 6.84. The van der Waals surface area contributed by atoms with Crippen molar-refractivity contribution in [3.8, 4) is 0 Å². The smallest absolute Gasteiger partial charge is 0.0564 e. The molecule has 0 bridgehead atoms. The summed E-state index contributed by atoms with van der Waals surface area (Å²) >= 11 is 1.89. The van der Waals surface area contributed by atoms with Crippen LogP contribution in [0.1, 0.15) is 36.1 Å². The first-order valence-electron chi connectivity index (χ1n) is 6.02. The van der Waals surface area contributed by atoms with Crippen molar-refractivity contribution in [3.05, 3.63) is 21.9 Å². The zero-order chi connectivity index (χ0) is 11.8. The summed E-state index contributed by atoms with van der Waals surface area (Å²) in [6, 6.07) is 4.87. The summed E-state index contributed by atoms with van der Waals surface area (Å²) < 4.78 is 0. The standard InChI is InChI=1S/C13H22N2S/c1-10-4-5-12(16-10)11(8-14)15-7-6-13(2,3)9-15/h4-5,11H,6-9,14H2,1-3H3. The molecule has 1 aromatic rings. The number of nitrogens with zero attached hydrogens (tertiary/aromatic N) is 1. The van der Waals surface area contributed by atoms with Gasteiger partial charge in [0.1, 0.15) is 0 Å². The summed E-state index contributed by atoms with van der Waals surface area (Å²) in [5, 5.41) is 0. The number of hydrogen-bond acceptors (Lipinski definition) is 3. The summed E-state index contributed by atoms with van der Waals surface area (Å²) in [7, 11) is 0. The van der Waals surface area contributed by atoms with Gasteiger partial charge in [-0.25, -0.2) is 0 Å². The lowest BCUT2D eigenvalue weighted by Crippen LogP contribution is -2.32. The fourth-order valence-corrected chi connectivity index (χ4v) is 3.52. The molecule has 0 saturated carbocycles. The lowest BCUT2D eigenvalue weighted by atomic mass is 9.93. The molecule has 0 aliphatic carbocycles. The summed E-state index contributed by atoms with van der Waals surface area (Å²) in [4.78, 5) is 5.36. The second-order valence-corrected chi connectivity index (χ2v) is 6.90. The van der Waals surface area contributed by atoms with Gasteiger partial charge in [0.2, 0.25) is 0 Å². The summed E-state index contributed by atoms with van der Waals surface area (Å²) in [6.45, 7) is 9.95. The van der Waals surface area contributed by atoms with Crippen LogP contribution in [-0.2, 0) is 0 Å². The molecule has 0 amide bonds. The minimum absolute atomic E-state index is 0.431.